The second-order valence-electron chi connectivity index (χ2n) is 5.86. The van der Waals surface area contributed by atoms with Crippen LogP contribution in [0.1, 0.15) is 17.5 Å². The number of thioether (sulfide) groups is 1. The molecule has 0 fully saturated rings. The van der Waals surface area contributed by atoms with Crippen molar-refractivity contribution < 1.29 is 10.0 Å². The third kappa shape index (κ3) is 5.79. The van der Waals surface area contributed by atoms with E-state index in [0.29, 0.717) is 22.5 Å². The molecule has 0 saturated heterocycles. The maximum Gasteiger partial charge on any atom is 0.243 e. The molecule has 0 saturated carbocycles. The van der Waals surface area contributed by atoms with Crippen LogP contribution in [-0.4, -0.2) is 21.1 Å². The first kappa shape index (κ1) is 19.4. The van der Waals surface area contributed by atoms with Crippen LogP contribution in [0.4, 0.5) is 0 Å². The molecule has 1 amide bonds. The summed E-state index contributed by atoms with van der Waals surface area (Å²) in [5.41, 5.74) is 5.61. The van der Waals surface area contributed by atoms with Gasteiger partial charge < -0.3 is 0 Å². The van der Waals surface area contributed by atoms with Crippen LogP contribution in [0.15, 0.2) is 65.8 Å². The van der Waals surface area contributed by atoms with E-state index in [1.165, 1.54) is 11.8 Å². The summed E-state index contributed by atoms with van der Waals surface area (Å²) in [6.45, 7) is 0. The van der Waals surface area contributed by atoms with Crippen molar-refractivity contribution in [2.45, 2.75) is 23.8 Å². The molecular weight excluding hydrogens is 382 g/mol. The first-order valence-corrected chi connectivity index (χ1v) is 9.74. The SMILES string of the molecule is O=C(CCc1ccc(CSc2nc(Cl)cc(-c3ccccc3)n2)cc1)NO. The summed E-state index contributed by atoms with van der Waals surface area (Å²) >= 11 is 7.68. The Balaban J connectivity index is 1.63. The van der Waals surface area contributed by atoms with E-state index >= 15 is 0 Å². The first-order chi connectivity index (χ1) is 13.1. The van der Waals surface area contributed by atoms with Gasteiger partial charge in [0.1, 0.15) is 5.15 Å². The number of hydroxylamine groups is 1. The van der Waals surface area contributed by atoms with Gasteiger partial charge in [-0.2, -0.15) is 0 Å². The van der Waals surface area contributed by atoms with Crippen molar-refractivity contribution in [3.63, 3.8) is 0 Å². The maximum absolute atomic E-state index is 11.1. The maximum atomic E-state index is 11.1. The summed E-state index contributed by atoms with van der Waals surface area (Å²) in [7, 11) is 0. The van der Waals surface area contributed by atoms with Gasteiger partial charge in [0.25, 0.3) is 0 Å². The lowest BCUT2D eigenvalue weighted by Gasteiger charge is -2.06. The van der Waals surface area contributed by atoms with E-state index in [4.69, 9.17) is 16.8 Å². The van der Waals surface area contributed by atoms with Crippen LogP contribution in [0.3, 0.4) is 0 Å². The standard InChI is InChI=1S/C20H18ClN3O2S/c21-18-12-17(16-4-2-1-3-5-16)22-20(23-18)27-13-15-8-6-14(7-9-15)10-11-19(25)24-26/h1-9,12,26H,10-11,13H2,(H,24,25). The van der Waals surface area contributed by atoms with Crippen LogP contribution in [-0.2, 0) is 17.0 Å². The number of nitrogens with one attached hydrogen (secondary N) is 1. The highest BCUT2D eigenvalue weighted by molar-refractivity contribution is 7.98. The fraction of sp³-hybridized carbons (Fsp3) is 0.150. The number of carbonyl (C=O) groups is 1. The Morgan fingerprint density at radius 2 is 1.74 bits per heavy atom. The number of rotatable bonds is 7. The van der Waals surface area contributed by atoms with Gasteiger partial charge in [0.15, 0.2) is 5.16 Å². The van der Waals surface area contributed by atoms with Gasteiger partial charge in [0.05, 0.1) is 5.69 Å². The topological polar surface area (TPSA) is 75.1 Å². The van der Waals surface area contributed by atoms with Crippen LogP contribution in [0, 0.1) is 0 Å². The summed E-state index contributed by atoms with van der Waals surface area (Å²) < 4.78 is 0. The Labute approximate surface area is 166 Å². The highest BCUT2D eigenvalue weighted by Crippen LogP contribution is 2.26. The lowest BCUT2D eigenvalue weighted by molar-refractivity contribution is -0.129. The number of aromatic nitrogens is 2. The van der Waals surface area contributed by atoms with E-state index in [9.17, 15) is 4.79 Å². The molecule has 0 aliphatic heterocycles. The average Bonchev–Trinajstić information content (AvgIpc) is 2.71. The molecule has 7 heteroatoms. The van der Waals surface area contributed by atoms with Gasteiger partial charge >= 0.3 is 0 Å². The second kappa shape index (κ2) is 9.50. The molecule has 27 heavy (non-hydrogen) atoms. The van der Waals surface area contributed by atoms with Gasteiger partial charge in [0.2, 0.25) is 5.91 Å². The number of hydrogen-bond donors (Lipinski definition) is 2. The zero-order chi connectivity index (χ0) is 19.1. The zero-order valence-electron chi connectivity index (χ0n) is 14.4. The molecule has 0 unspecified atom stereocenters. The molecule has 0 bridgehead atoms. The van der Waals surface area contributed by atoms with E-state index in [-0.39, 0.29) is 12.3 Å². The van der Waals surface area contributed by atoms with E-state index in [2.05, 4.69) is 9.97 Å². The zero-order valence-corrected chi connectivity index (χ0v) is 16.0. The van der Waals surface area contributed by atoms with E-state index in [1.807, 2.05) is 54.6 Å². The minimum absolute atomic E-state index is 0.253. The molecule has 0 spiro atoms. The van der Waals surface area contributed by atoms with E-state index in [1.54, 1.807) is 11.5 Å². The third-order valence-corrected chi connectivity index (χ3v) is 5.01. The van der Waals surface area contributed by atoms with Crippen molar-refractivity contribution in [1.82, 2.24) is 15.4 Å². The summed E-state index contributed by atoms with van der Waals surface area (Å²) in [5.74, 6) is 0.327. The Bertz CT molecular complexity index is 905. The van der Waals surface area contributed by atoms with Gasteiger partial charge in [-0.1, -0.05) is 78.0 Å². The van der Waals surface area contributed by atoms with Crippen molar-refractivity contribution >= 4 is 29.3 Å². The predicted octanol–water partition coefficient (Wildman–Crippen LogP) is 4.53. The lowest BCUT2D eigenvalue weighted by Crippen LogP contribution is -2.18. The van der Waals surface area contributed by atoms with Gasteiger partial charge in [0, 0.05) is 23.8 Å². The van der Waals surface area contributed by atoms with Crippen LogP contribution in [0.25, 0.3) is 11.3 Å². The molecule has 5 nitrogen and oxygen atoms in total. The molecule has 0 aliphatic carbocycles. The quantitative estimate of drug-likeness (QED) is 0.201. The van der Waals surface area contributed by atoms with Crippen molar-refractivity contribution in [1.29, 1.82) is 0 Å². The van der Waals surface area contributed by atoms with Crippen molar-refractivity contribution in [3.05, 3.63) is 76.9 Å². The lowest BCUT2D eigenvalue weighted by atomic mass is 10.1. The normalized spacial score (nSPS) is 10.6. The van der Waals surface area contributed by atoms with Crippen molar-refractivity contribution in [3.8, 4) is 11.3 Å². The van der Waals surface area contributed by atoms with Gasteiger partial charge in [-0.15, -0.1) is 0 Å². The largest absolute Gasteiger partial charge is 0.289 e. The van der Waals surface area contributed by atoms with Gasteiger partial charge in [-0.3, -0.25) is 10.0 Å². The smallest absolute Gasteiger partial charge is 0.243 e. The van der Waals surface area contributed by atoms with Crippen LogP contribution in [0.5, 0.6) is 0 Å². The Kier molecular flexibility index (Phi) is 6.81. The molecule has 1 heterocycles. The second-order valence-corrected chi connectivity index (χ2v) is 7.19. The molecule has 0 atom stereocenters. The number of aryl methyl sites for hydroxylation is 1. The summed E-state index contributed by atoms with van der Waals surface area (Å²) in [6.07, 6.45) is 0.834. The highest BCUT2D eigenvalue weighted by Gasteiger charge is 2.07. The molecule has 2 aromatic carbocycles. The number of amides is 1. The van der Waals surface area contributed by atoms with Crippen molar-refractivity contribution in [2.24, 2.45) is 0 Å². The van der Waals surface area contributed by atoms with Crippen molar-refractivity contribution in [2.75, 3.05) is 0 Å². The number of benzene rings is 2. The first-order valence-electron chi connectivity index (χ1n) is 8.37. The summed E-state index contributed by atoms with van der Waals surface area (Å²) in [5, 5.41) is 9.57. The Morgan fingerprint density at radius 1 is 1.04 bits per heavy atom. The molecule has 0 aliphatic rings. The summed E-state index contributed by atoms with van der Waals surface area (Å²) in [4.78, 5) is 20.0. The molecular formula is C20H18ClN3O2S. The number of hydrogen-bond acceptors (Lipinski definition) is 5. The summed E-state index contributed by atoms with van der Waals surface area (Å²) in [6, 6.07) is 19.6. The molecule has 138 valence electrons. The van der Waals surface area contributed by atoms with Crippen LogP contribution < -0.4 is 5.48 Å². The Morgan fingerprint density at radius 3 is 2.44 bits per heavy atom. The van der Waals surface area contributed by atoms with E-state index in [0.717, 1.165) is 22.4 Å². The van der Waals surface area contributed by atoms with Gasteiger partial charge in [-0.25, -0.2) is 15.4 Å². The average molecular weight is 400 g/mol. The Hall–Kier alpha value is -2.41. The number of carbonyl (C=O) groups excluding carboxylic acids is 1. The monoisotopic (exact) mass is 399 g/mol. The predicted molar refractivity (Wildman–Crippen MR) is 107 cm³/mol. The molecule has 0 radical (unpaired) electrons. The minimum atomic E-state index is -0.387. The molecule has 3 rings (SSSR count). The fourth-order valence-electron chi connectivity index (χ4n) is 2.48. The van der Waals surface area contributed by atoms with Crippen LogP contribution >= 0.6 is 23.4 Å². The highest BCUT2D eigenvalue weighted by atomic mass is 35.5. The fourth-order valence-corrected chi connectivity index (χ4v) is 3.53. The molecule has 3 aromatic rings. The third-order valence-electron chi connectivity index (χ3n) is 3.90. The van der Waals surface area contributed by atoms with Crippen LogP contribution in [0.2, 0.25) is 5.15 Å². The molecule has 1 aromatic heterocycles. The minimum Gasteiger partial charge on any atom is -0.289 e. The van der Waals surface area contributed by atoms with E-state index < -0.39 is 0 Å². The molecule has 2 N–H and O–H groups in total. The van der Waals surface area contributed by atoms with Gasteiger partial charge in [-0.05, 0) is 17.5 Å². The number of nitrogens with zero attached hydrogens (tertiary/aromatic N) is 2. The number of halogens is 1.